The number of unbranched alkanes of at least 4 members (excludes halogenated alkanes) is 5. The molecule has 0 saturated carbocycles. The molecule has 1 aromatic carbocycles. The Morgan fingerprint density at radius 1 is 1.05 bits per heavy atom. The summed E-state index contributed by atoms with van der Waals surface area (Å²) in [5, 5.41) is -0.421. The van der Waals surface area contributed by atoms with Crippen molar-refractivity contribution in [2.75, 3.05) is 6.61 Å². The highest BCUT2D eigenvalue weighted by molar-refractivity contribution is 8.09. The van der Waals surface area contributed by atoms with Crippen LogP contribution in [0.15, 0.2) is 30.3 Å². The minimum Gasteiger partial charge on any atom is -0.455 e. The van der Waals surface area contributed by atoms with Crippen LogP contribution in [0.2, 0.25) is 0 Å². The molecule has 0 unspecified atom stereocenters. The zero-order valence-electron chi connectivity index (χ0n) is 11.5. The lowest BCUT2D eigenvalue weighted by Gasteiger charge is -2.04. The summed E-state index contributed by atoms with van der Waals surface area (Å²) in [5.74, 6) is 0.629. The number of hydrogen-bond donors (Lipinski definition) is 0. The number of ether oxygens (including phenoxy) is 1. The van der Waals surface area contributed by atoms with E-state index in [9.17, 15) is 9.59 Å². The molecule has 0 radical (unpaired) electrons. The summed E-state index contributed by atoms with van der Waals surface area (Å²) in [6.07, 6.45) is 6.52. The number of para-hydroxylation sites is 1. The van der Waals surface area contributed by atoms with Crippen LogP contribution >= 0.6 is 12.0 Å². The molecule has 0 spiro atoms. The first-order chi connectivity index (χ1) is 9.83. The molecule has 0 N–H and O–H groups in total. The molecular weight excluding hydrogens is 276 g/mol. The molecule has 0 aromatic heterocycles. The minimum absolute atomic E-state index is 0.414. The average Bonchev–Trinajstić information content (AvgIpc) is 2.49. The first-order valence-corrected chi connectivity index (χ1v) is 7.57. The second kappa shape index (κ2) is 11.3. The highest BCUT2D eigenvalue weighted by atomic mass is 32.2. The zero-order chi connectivity index (χ0) is 14.5. The van der Waals surface area contributed by atoms with E-state index in [0.29, 0.717) is 30.8 Å². The highest BCUT2D eigenvalue weighted by Crippen LogP contribution is 2.17. The fraction of sp³-hybridized carbons (Fsp3) is 0.467. The Morgan fingerprint density at radius 3 is 2.50 bits per heavy atom. The van der Waals surface area contributed by atoms with Gasteiger partial charge in [-0.2, -0.15) is 0 Å². The van der Waals surface area contributed by atoms with Gasteiger partial charge >= 0.3 is 5.30 Å². The maximum absolute atomic E-state index is 11.4. The van der Waals surface area contributed by atoms with Gasteiger partial charge in [0.05, 0.1) is 6.61 Å². The first-order valence-electron chi connectivity index (χ1n) is 6.83. The number of benzene rings is 1. The molecule has 0 saturated heterocycles. The molecule has 1 aromatic rings. The number of rotatable bonds is 10. The van der Waals surface area contributed by atoms with Gasteiger partial charge in [0.1, 0.15) is 12.0 Å². The van der Waals surface area contributed by atoms with Crippen LogP contribution in [-0.4, -0.2) is 18.2 Å². The summed E-state index contributed by atoms with van der Waals surface area (Å²) in [5.41, 5.74) is 0. The number of aldehydes is 1. The van der Waals surface area contributed by atoms with E-state index < -0.39 is 5.30 Å². The van der Waals surface area contributed by atoms with Crippen LogP contribution in [0, 0.1) is 0 Å². The molecule has 0 aliphatic rings. The van der Waals surface area contributed by atoms with Crippen LogP contribution in [0.25, 0.3) is 0 Å². The van der Waals surface area contributed by atoms with Gasteiger partial charge in [-0.25, -0.2) is 4.79 Å². The van der Waals surface area contributed by atoms with Crippen LogP contribution in [0.5, 0.6) is 5.75 Å². The van der Waals surface area contributed by atoms with Crippen molar-refractivity contribution in [3.05, 3.63) is 30.3 Å². The third kappa shape index (κ3) is 8.58. The van der Waals surface area contributed by atoms with E-state index in [1.54, 1.807) is 12.1 Å². The standard InChI is InChI=1S/C15H20O4S/c16-12-8-3-1-2-4-9-13-18-15(17)20-19-14-10-6-5-7-11-14/h5-7,10-12H,1-4,8-9,13H2. The largest absolute Gasteiger partial charge is 0.455 e. The summed E-state index contributed by atoms with van der Waals surface area (Å²) in [7, 11) is 0. The Labute approximate surface area is 124 Å². The van der Waals surface area contributed by atoms with E-state index in [1.807, 2.05) is 18.2 Å². The molecule has 0 heterocycles. The normalized spacial score (nSPS) is 10.0. The lowest BCUT2D eigenvalue weighted by molar-refractivity contribution is -0.107. The summed E-state index contributed by atoms with van der Waals surface area (Å²) < 4.78 is 10.2. The van der Waals surface area contributed by atoms with Gasteiger partial charge in [-0.3, -0.25) is 0 Å². The first kappa shape index (κ1) is 16.6. The Bertz CT molecular complexity index is 381. The van der Waals surface area contributed by atoms with E-state index in [2.05, 4.69) is 0 Å². The second-order valence-corrected chi connectivity index (χ2v) is 4.97. The Kier molecular flexibility index (Phi) is 9.40. The monoisotopic (exact) mass is 296 g/mol. The molecule has 1 rings (SSSR count). The van der Waals surface area contributed by atoms with E-state index >= 15 is 0 Å². The zero-order valence-corrected chi connectivity index (χ0v) is 12.3. The third-order valence-electron chi connectivity index (χ3n) is 2.64. The Morgan fingerprint density at radius 2 is 1.75 bits per heavy atom. The second-order valence-electron chi connectivity index (χ2n) is 4.30. The quantitative estimate of drug-likeness (QED) is 0.277. The predicted molar refractivity (Wildman–Crippen MR) is 79.8 cm³/mol. The van der Waals surface area contributed by atoms with Gasteiger partial charge in [0, 0.05) is 6.42 Å². The van der Waals surface area contributed by atoms with Crippen LogP contribution in [0.4, 0.5) is 4.79 Å². The maximum Gasteiger partial charge on any atom is 0.407 e. The molecular formula is C15H20O4S. The molecule has 0 aliphatic heterocycles. The van der Waals surface area contributed by atoms with Crippen molar-refractivity contribution < 1.29 is 18.5 Å². The number of carbonyl (C=O) groups is 2. The van der Waals surface area contributed by atoms with Crippen molar-refractivity contribution in [3.8, 4) is 5.75 Å². The smallest absolute Gasteiger partial charge is 0.407 e. The predicted octanol–water partition coefficient (Wildman–Crippen LogP) is 4.39. The van der Waals surface area contributed by atoms with Crippen LogP contribution < -0.4 is 4.18 Å². The minimum atomic E-state index is -0.421. The summed E-state index contributed by atoms with van der Waals surface area (Å²) in [6.45, 7) is 0.414. The van der Waals surface area contributed by atoms with Gasteiger partial charge in [0.2, 0.25) is 0 Å². The van der Waals surface area contributed by atoms with Gasteiger partial charge in [0.15, 0.2) is 12.0 Å². The molecule has 20 heavy (non-hydrogen) atoms. The van der Waals surface area contributed by atoms with Gasteiger partial charge in [-0.05, 0) is 25.0 Å². The average molecular weight is 296 g/mol. The summed E-state index contributed by atoms with van der Waals surface area (Å²) >= 11 is 0.704. The highest BCUT2D eigenvalue weighted by Gasteiger charge is 2.06. The van der Waals surface area contributed by atoms with Gasteiger partial charge < -0.3 is 13.7 Å². The van der Waals surface area contributed by atoms with E-state index in [1.165, 1.54) is 0 Å². The molecule has 110 valence electrons. The number of hydrogen-bond acceptors (Lipinski definition) is 5. The third-order valence-corrected chi connectivity index (χ3v) is 3.17. The van der Waals surface area contributed by atoms with Gasteiger partial charge in [-0.15, -0.1) is 0 Å². The molecule has 0 aliphatic carbocycles. The lowest BCUT2D eigenvalue weighted by Crippen LogP contribution is -2.01. The van der Waals surface area contributed by atoms with Crippen molar-refractivity contribution in [1.82, 2.24) is 0 Å². The molecule has 4 nitrogen and oxygen atoms in total. The molecule has 0 bridgehead atoms. The summed E-state index contributed by atoms with van der Waals surface area (Å²) in [4.78, 5) is 21.5. The van der Waals surface area contributed by atoms with E-state index in [0.717, 1.165) is 38.4 Å². The fourth-order valence-electron chi connectivity index (χ4n) is 1.60. The molecule has 0 atom stereocenters. The van der Waals surface area contributed by atoms with Crippen LogP contribution in [0.3, 0.4) is 0 Å². The van der Waals surface area contributed by atoms with Crippen molar-refractivity contribution in [3.63, 3.8) is 0 Å². The Balaban J connectivity index is 1.94. The Hall–Kier alpha value is -1.49. The molecule has 0 fully saturated rings. The lowest BCUT2D eigenvalue weighted by atomic mass is 10.1. The van der Waals surface area contributed by atoms with Crippen LogP contribution in [0.1, 0.15) is 38.5 Å². The SMILES string of the molecule is O=CCCCCCCCOC(=O)SOc1ccccc1. The molecule has 0 amide bonds. The topological polar surface area (TPSA) is 52.6 Å². The van der Waals surface area contributed by atoms with Crippen molar-refractivity contribution in [2.24, 2.45) is 0 Å². The van der Waals surface area contributed by atoms with Crippen molar-refractivity contribution in [1.29, 1.82) is 0 Å². The fourth-order valence-corrected chi connectivity index (χ4v) is 2.00. The maximum atomic E-state index is 11.4. The van der Waals surface area contributed by atoms with Crippen LogP contribution in [-0.2, 0) is 9.53 Å². The van der Waals surface area contributed by atoms with Gasteiger partial charge in [-0.1, -0.05) is 37.5 Å². The van der Waals surface area contributed by atoms with Crippen molar-refractivity contribution in [2.45, 2.75) is 38.5 Å². The molecule has 5 heteroatoms. The number of carbonyl (C=O) groups excluding carboxylic acids is 2. The van der Waals surface area contributed by atoms with E-state index in [4.69, 9.17) is 8.92 Å². The van der Waals surface area contributed by atoms with Crippen molar-refractivity contribution >= 4 is 23.6 Å². The van der Waals surface area contributed by atoms with Gasteiger partial charge in [0.25, 0.3) is 0 Å². The van der Waals surface area contributed by atoms with E-state index in [-0.39, 0.29) is 0 Å². The summed E-state index contributed by atoms with van der Waals surface area (Å²) in [6, 6.07) is 9.11.